The zero-order valence-electron chi connectivity index (χ0n) is 14.0. The van der Waals surface area contributed by atoms with Crippen molar-refractivity contribution in [2.75, 3.05) is 38.7 Å². The Morgan fingerprint density at radius 3 is 1.09 bits per heavy atom. The number of piperidine rings is 2. The van der Waals surface area contributed by atoms with Crippen LogP contribution in [0, 0.1) is 11.8 Å². The molecule has 0 aromatic heterocycles. The fourth-order valence-electron chi connectivity index (χ4n) is 1.76. The topological polar surface area (TPSA) is 45.3 Å². The second kappa shape index (κ2) is 18.9. The van der Waals surface area contributed by atoms with Gasteiger partial charge in [0.1, 0.15) is 0 Å². The van der Waals surface area contributed by atoms with Gasteiger partial charge in [0.15, 0.2) is 0 Å². The van der Waals surface area contributed by atoms with E-state index in [-0.39, 0.29) is 0 Å². The maximum absolute atomic E-state index is 9.56. The molecule has 0 N–H and O–H groups in total. The molecule has 140 valence electrons. The Morgan fingerprint density at radius 1 is 0.818 bits per heavy atom. The van der Waals surface area contributed by atoms with Crippen molar-refractivity contribution in [3.8, 4) is 0 Å². The summed E-state index contributed by atoms with van der Waals surface area (Å²) in [6, 6.07) is 0. The Hall–Kier alpha value is 1.56. The average Bonchev–Trinajstić information content (AvgIpc) is 2.40. The van der Waals surface area contributed by atoms with Gasteiger partial charge >= 0.3 is 42.1 Å². The predicted molar refractivity (Wildman–Crippen MR) is 101 cm³/mol. The molecule has 3 nitrogen and oxygen atoms in total. The molecule has 2 aliphatic heterocycles. The molecule has 22 heavy (non-hydrogen) atoms. The first-order valence-corrected chi connectivity index (χ1v) is 15.7. The maximum atomic E-state index is 9.56. The summed E-state index contributed by atoms with van der Waals surface area (Å²) in [5.41, 5.74) is 0. The summed E-state index contributed by atoms with van der Waals surface area (Å²) in [6.07, 6.45) is 8.56. The fraction of sp³-hybridized carbons (Fsp3) is 1.00. The molecule has 0 amide bonds. The van der Waals surface area contributed by atoms with E-state index in [0.717, 1.165) is 38.0 Å². The first kappa shape index (κ1) is 25.8. The zero-order chi connectivity index (χ0) is 17.4. The molecule has 0 radical (unpaired) electrons. The third-order valence-electron chi connectivity index (χ3n) is 3.12. The van der Waals surface area contributed by atoms with Gasteiger partial charge in [-0.1, -0.05) is 39.5 Å². The van der Waals surface area contributed by atoms with Gasteiger partial charge in [0.25, 0.3) is 0 Å². The summed E-state index contributed by atoms with van der Waals surface area (Å²) in [5, 5.41) is 8.46. The second-order valence-electron chi connectivity index (χ2n) is 5.59. The first-order chi connectivity index (χ1) is 10.3. The van der Waals surface area contributed by atoms with Crippen molar-refractivity contribution in [2.24, 2.45) is 11.8 Å². The van der Waals surface area contributed by atoms with Crippen LogP contribution in [-0.4, -0.2) is 42.9 Å². The van der Waals surface area contributed by atoms with Crippen LogP contribution in [-0.2, 0) is 23.8 Å². The van der Waals surface area contributed by atoms with Crippen LogP contribution >= 0.6 is 29.1 Å². The molecular formula is C14H30Cl3N2ORhS-2. The molecule has 2 rings (SSSR count). The molecule has 0 unspecified atom stereocenters. The van der Waals surface area contributed by atoms with E-state index in [1.54, 1.807) is 12.5 Å². The van der Waals surface area contributed by atoms with Crippen molar-refractivity contribution in [2.45, 2.75) is 39.5 Å². The number of hydrogen-bond acceptors (Lipinski definition) is 1. The molecule has 2 heterocycles. The van der Waals surface area contributed by atoms with Crippen LogP contribution in [0.15, 0.2) is 0 Å². The van der Waals surface area contributed by atoms with Crippen LogP contribution in [0.2, 0.25) is 0 Å². The van der Waals surface area contributed by atoms with Gasteiger partial charge in [0, 0.05) is 23.3 Å². The minimum atomic E-state index is -1.66. The molecule has 0 bridgehead atoms. The van der Waals surface area contributed by atoms with Gasteiger partial charge in [-0.15, -0.1) is 26.2 Å². The van der Waals surface area contributed by atoms with E-state index in [1.165, 1.54) is 25.7 Å². The van der Waals surface area contributed by atoms with Crippen LogP contribution in [0.1, 0.15) is 39.5 Å². The SMILES string of the molecule is CC1CC[N-]CC1.CC1CC[N-]CC1.CS(C)=O.[Cl][Rh]([Cl])[Cl]. The van der Waals surface area contributed by atoms with Crippen LogP contribution in [0.3, 0.4) is 0 Å². The van der Waals surface area contributed by atoms with Crippen molar-refractivity contribution in [1.82, 2.24) is 0 Å². The van der Waals surface area contributed by atoms with Crippen LogP contribution < -0.4 is 0 Å². The van der Waals surface area contributed by atoms with Crippen molar-refractivity contribution >= 4 is 39.9 Å². The van der Waals surface area contributed by atoms with Gasteiger partial charge in [-0.2, -0.15) is 0 Å². The van der Waals surface area contributed by atoms with Crippen LogP contribution in [0.5, 0.6) is 0 Å². The number of nitrogens with zero attached hydrogens (tertiary/aromatic N) is 2. The van der Waals surface area contributed by atoms with Crippen LogP contribution in [0.25, 0.3) is 10.6 Å². The molecule has 0 spiro atoms. The third-order valence-corrected chi connectivity index (χ3v) is 3.12. The number of hydrogen-bond donors (Lipinski definition) is 0. The Labute approximate surface area is 157 Å². The van der Waals surface area contributed by atoms with Crippen molar-refractivity contribution in [3.05, 3.63) is 10.6 Å². The molecule has 8 heteroatoms. The monoisotopic (exact) mass is 482 g/mol. The van der Waals surface area contributed by atoms with Gasteiger partial charge in [-0.3, -0.25) is 4.21 Å². The predicted octanol–water partition coefficient (Wildman–Crippen LogP) is 5.64. The molecule has 0 aliphatic carbocycles. The molecule has 0 aromatic rings. The van der Waals surface area contributed by atoms with Gasteiger partial charge in [0.2, 0.25) is 0 Å². The Bertz CT molecular complexity index is 229. The normalized spacial score (nSPS) is 19.7. The molecule has 0 atom stereocenters. The Balaban J connectivity index is 0. The number of halogens is 3. The second-order valence-corrected chi connectivity index (χ2v) is 14.5. The first-order valence-electron chi connectivity index (χ1n) is 7.41. The summed E-state index contributed by atoms with van der Waals surface area (Å²) in [7, 11) is 14.2. The molecule has 2 aliphatic rings. The summed E-state index contributed by atoms with van der Waals surface area (Å²) in [4.78, 5) is 0. The van der Waals surface area contributed by atoms with Gasteiger partial charge in [0.05, 0.1) is 0 Å². The van der Waals surface area contributed by atoms with Crippen molar-refractivity contribution < 1.29 is 17.2 Å². The Kier molecular flexibility index (Phi) is 22.2. The quantitative estimate of drug-likeness (QED) is 0.411. The number of rotatable bonds is 0. The Morgan fingerprint density at radius 2 is 1.00 bits per heavy atom. The van der Waals surface area contributed by atoms with E-state index >= 15 is 0 Å². The standard InChI is InChI=1S/2C6H12N.C2H6OS.3ClH.Rh/c2*1-6-2-4-7-5-3-6;1-4(2)3;;;;/h2*6H,2-5H2,1H3;1-2H3;3*1H;/q2*-1;;;;;+3/p-3. The molecule has 0 saturated carbocycles. The van der Waals surface area contributed by atoms with Gasteiger partial charge in [-0.05, 0) is 11.8 Å². The summed E-state index contributed by atoms with van der Waals surface area (Å²) < 4.78 is 9.56. The van der Waals surface area contributed by atoms with E-state index < -0.39 is 23.8 Å². The molecule has 2 saturated heterocycles. The van der Waals surface area contributed by atoms with Gasteiger partial charge in [-0.25, -0.2) is 0 Å². The summed E-state index contributed by atoms with van der Waals surface area (Å²) >= 11 is -1.66. The summed E-state index contributed by atoms with van der Waals surface area (Å²) in [5.74, 6) is 1.88. The average molecular weight is 484 g/mol. The molecular weight excluding hydrogens is 453 g/mol. The summed E-state index contributed by atoms with van der Waals surface area (Å²) in [6.45, 7) is 9.05. The molecule has 0 aromatic carbocycles. The fourth-order valence-corrected chi connectivity index (χ4v) is 1.76. The van der Waals surface area contributed by atoms with E-state index in [4.69, 9.17) is 29.1 Å². The zero-order valence-corrected chi connectivity index (χ0v) is 18.7. The van der Waals surface area contributed by atoms with E-state index in [2.05, 4.69) is 24.5 Å². The van der Waals surface area contributed by atoms with Gasteiger partial charge < -0.3 is 10.6 Å². The van der Waals surface area contributed by atoms with E-state index in [0.29, 0.717) is 0 Å². The van der Waals surface area contributed by atoms with E-state index in [1.807, 2.05) is 0 Å². The van der Waals surface area contributed by atoms with Crippen molar-refractivity contribution in [3.63, 3.8) is 0 Å². The van der Waals surface area contributed by atoms with Crippen molar-refractivity contribution in [1.29, 1.82) is 0 Å². The van der Waals surface area contributed by atoms with E-state index in [9.17, 15) is 4.21 Å². The van der Waals surface area contributed by atoms with Crippen LogP contribution in [0.4, 0.5) is 0 Å². The molecule has 2 fully saturated rings. The minimum absolute atomic E-state index is 0.611. The third kappa shape index (κ3) is 29.6.